The van der Waals surface area contributed by atoms with E-state index in [-0.39, 0.29) is 11.4 Å². The maximum absolute atomic E-state index is 12.8. The van der Waals surface area contributed by atoms with Gasteiger partial charge >= 0.3 is 0 Å². The smallest absolute Gasteiger partial charge is 0.256 e. The fourth-order valence-electron chi connectivity index (χ4n) is 3.37. The van der Waals surface area contributed by atoms with Crippen molar-refractivity contribution in [3.05, 3.63) is 51.3 Å². The number of rotatable bonds is 6. The number of carbonyl (C=O) groups excluding carboxylic acids is 1. The Hall–Kier alpha value is -1.60. The minimum atomic E-state index is -0.214. The third-order valence-corrected chi connectivity index (χ3v) is 5.87. The topological polar surface area (TPSA) is 59.4 Å². The monoisotopic (exact) mass is 424 g/mol. The van der Waals surface area contributed by atoms with Crippen molar-refractivity contribution in [3.63, 3.8) is 0 Å². The Kier molecular flexibility index (Phi) is 6.65. The second kappa shape index (κ2) is 8.82. The highest BCUT2D eigenvalue weighted by molar-refractivity contribution is 6.33. The summed E-state index contributed by atoms with van der Waals surface area (Å²) in [4.78, 5) is 15.2. The first-order chi connectivity index (χ1) is 13.3. The van der Waals surface area contributed by atoms with Crippen molar-refractivity contribution >= 4 is 29.1 Å². The molecule has 152 valence electrons. The molecule has 0 spiro atoms. The van der Waals surface area contributed by atoms with Crippen LogP contribution in [-0.2, 0) is 11.3 Å². The molecule has 0 saturated carbocycles. The van der Waals surface area contributed by atoms with Crippen molar-refractivity contribution in [1.82, 2.24) is 20.0 Å². The Morgan fingerprint density at radius 2 is 1.93 bits per heavy atom. The number of morpholine rings is 1. The van der Waals surface area contributed by atoms with Gasteiger partial charge in [0, 0.05) is 30.2 Å². The summed E-state index contributed by atoms with van der Waals surface area (Å²) in [6, 6.07) is 7.52. The van der Waals surface area contributed by atoms with Crippen LogP contribution in [0.1, 0.15) is 35.5 Å². The van der Waals surface area contributed by atoms with E-state index in [0.717, 1.165) is 31.9 Å². The third-order valence-electron chi connectivity index (χ3n) is 5.12. The molecule has 2 aromatic rings. The Morgan fingerprint density at radius 3 is 2.61 bits per heavy atom. The van der Waals surface area contributed by atoms with Crippen molar-refractivity contribution in [3.8, 4) is 0 Å². The van der Waals surface area contributed by atoms with Gasteiger partial charge in [-0.2, -0.15) is 5.10 Å². The van der Waals surface area contributed by atoms with Gasteiger partial charge in [0.2, 0.25) is 0 Å². The Balaban J connectivity index is 1.70. The number of hydrogen-bond donors (Lipinski definition) is 1. The highest BCUT2D eigenvalue weighted by Crippen LogP contribution is 2.24. The van der Waals surface area contributed by atoms with Gasteiger partial charge in [-0.05, 0) is 32.4 Å². The van der Waals surface area contributed by atoms with Crippen LogP contribution in [0.5, 0.6) is 0 Å². The third kappa shape index (κ3) is 4.69. The van der Waals surface area contributed by atoms with Crippen molar-refractivity contribution in [2.75, 3.05) is 32.8 Å². The predicted molar refractivity (Wildman–Crippen MR) is 111 cm³/mol. The second-order valence-electron chi connectivity index (χ2n) is 7.59. The number of nitrogens with zero attached hydrogens (tertiary/aromatic N) is 3. The highest BCUT2D eigenvalue weighted by Gasteiger charge is 2.30. The van der Waals surface area contributed by atoms with Crippen LogP contribution < -0.4 is 5.32 Å². The summed E-state index contributed by atoms with van der Waals surface area (Å²) in [6.45, 7) is 10.1. The number of ether oxygens (including phenoxy) is 1. The van der Waals surface area contributed by atoms with Crippen LogP contribution >= 0.6 is 23.2 Å². The lowest BCUT2D eigenvalue weighted by molar-refractivity contribution is -0.00923. The van der Waals surface area contributed by atoms with Gasteiger partial charge in [-0.3, -0.25) is 9.69 Å². The number of benzene rings is 1. The molecule has 0 atom stereocenters. The van der Waals surface area contributed by atoms with E-state index >= 15 is 0 Å². The van der Waals surface area contributed by atoms with E-state index < -0.39 is 0 Å². The van der Waals surface area contributed by atoms with Gasteiger partial charge in [-0.15, -0.1) is 0 Å². The predicted octanol–water partition coefficient (Wildman–Crippen LogP) is 3.39. The lowest BCUT2D eigenvalue weighted by atomic mass is 10.0. The quantitative estimate of drug-likeness (QED) is 0.771. The first-order valence-corrected chi connectivity index (χ1v) is 10.1. The Morgan fingerprint density at radius 1 is 1.25 bits per heavy atom. The molecular weight excluding hydrogens is 399 g/mol. The van der Waals surface area contributed by atoms with Gasteiger partial charge in [0.1, 0.15) is 5.15 Å². The minimum Gasteiger partial charge on any atom is -0.379 e. The molecule has 1 aromatic carbocycles. The molecule has 1 N–H and O–H groups in total. The molecule has 1 aliphatic heterocycles. The molecule has 0 bridgehead atoms. The van der Waals surface area contributed by atoms with Gasteiger partial charge in [-0.25, -0.2) is 4.68 Å². The molecule has 0 radical (unpaired) electrons. The van der Waals surface area contributed by atoms with Crippen molar-refractivity contribution in [1.29, 1.82) is 0 Å². The largest absolute Gasteiger partial charge is 0.379 e. The number of amides is 1. The van der Waals surface area contributed by atoms with Crippen LogP contribution in [0.4, 0.5) is 0 Å². The lowest BCUT2D eigenvalue weighted by Crippen LogP contribution is -2.55. The molecule has 6 nitrogen and oxygen atoms in total. The molecule has 0 aliphatic carbocycles. The molecule has 1 amide bonds. The van der Waals surface area contributed by atoms with Gasteiger partial charge in [-0.1, -0.05) is 41.4 Å². The first-order valence-electron chi connectivity index (χ1n) is 9.37. The SMILES string of the molecule is Cc1nn(Cc2ccccc2Cl)c(Cl)c1C(=O)NCC(C)(C)N1CCOCC1. The Labute approximate surface area is 175 Å². The average Bonchev–Trinajstić information content (AvgIpc) is 2.96. The Bertz CT molecular complexity index is 845. The summed E-state index contributed by atoms with van der Waals surface area (Å²) in [5, 5.41) is 8.42. The van der Waals surface area contributed by atoms with E-state index in [1.54, 1.807) is 11.6 Å². The van der Waals surface area contributed by atoms with Gasteiger partial charge in [0.25, 0.3) is 5.91 Å². The van der Waals surface area contributed by atoms with E-state index in [1.807, 2.05) is 24.3 Å². The normalized spacial score (nSPS) is 15.6. The number of aromatic nitrogens is 2. The van der Waals surface area contributed by atoms with E-state index in [1.165, 1.54) is 0 Å². The number of aryl methyl sites for hydroxylation is 1. The summed E-state index contributed by atoms with van der Waals surface area (Å²) in [5.41, 5.74) is 1.73. The second-order valence-corrected chi connectivity index (χ2v) is 8.36. The maximum Gasteiger partial charge on any atom is 0.256 e. The van der Waals surface area contributed by atoms with Crippen LogP contribution in [0.15, 0.2) is 24.3 Å². The zero-order valence-electron chi connectivity index (χ0n) is 16.5. The van der Waals surface area contributed by atoms with Crippen LogP contribution in [0, 0.1) is 6.92 Å². The summed E-state index contributed by atoms with van der Waals surface area (Å²) in [7, 11) is 0. The zero-order valence-corrected chi connectivity index (χ0v) is 18.0. The number of hydrogen-bond acceptors (Lipinski definition) is 4. The van der Waals surface area contributed by atoms with Gasteiger partial charge < -0.3 is 10.1 Å². The summed E-state index contributed by atoms with van der Waals surface area (Å²) < 4.78 is 7.03. The van der Waals surface area contributed by atoms with Gasteiger partial charge in [0.15, 0.2) is 0 Å². The molecule has 1 aliphatic rings. The van der Waals surface area contributed by atoms with Crippen LogP contribution in [-0.4, -0.2) is 59.0 Å². The van der Waals surface area contributed by atoms with E-state index in [2.05, 4.69) is 29.2 Å². The minimum absolute atomic E-state index is 0.173. The highest BCUT2D eigenvalue weighted by atomic mass is 35.5. The molecule has 1 saturated heterocycles. The van der Waals surface area contributed by atoms with E-state index in [9.17, 15) is 4.79 Å². The standard InChI is InChI=1S/C20H26Cl2N4O2/c1-14-17(18(22)26(24-14)12-15-6-4-5-7-16(15)21)19(27)23-13-20(2,3)25-8-10-28-11-9-25/h4-7H,8-13H2,1-3H3,(H,23,27). The fourth-order valence-corrected chi connectivity index (χ4v) is 3.89. The van der Waals surface area contributed by atoms with Crippen molar-refractivity contribution in [2.45, 2.75) is 32.9 Å². The first kappa shape index (κ1) is 21.1. The molecule has 3 rings (SSSR count). The zero-order chi connectivity index (χ0) is 20.3. The summed E-state index contributed by atoms with van der Waals surface area (Å²) in [6.07, 6.45) is 0. The lowest BCUT2D eigenvalue weighted by Gasteiger charge is -2.40. The molecule has 1 aromatic heterocycles. The van der Waals surface area contributed by atoms with E-state index in [0.29, 0.717) is 34.5 Å². The molecular formula is C20H26Cl2N4O2. The average molecular weight is 425 g/mol. The van der Waals surface area contributed by atoms with Crippen LogP contribution in [0.3, 0.4) is 0 Å². The van der Waals surface area contributed by atoms with Gasteiger partial charge in [0.05, 0.1) is 31.0 Å². The van der Waals surface area contributed by atoms with Crippen LogP contribution in [0.2, 0.25) is 10.2 Å². The summed E-state index contributed by atoms with van der Waals surface area (Å²) >= 11 is 12.7. The van der Waals surface area contributed by atoms with Crippen molar-refractivity contribution in [2.24, 2.45) is 0 Å². The number of halogens is 2. The number of carbonyl (C=O) groups is 1. The maximum atomic E-state index is 12.8. The molecule has 1 fully saturated rings. The van der Waals surface area contributed by atoms with Crippen LogP contribution in [0.25, 0.3) is 0 Å². The molecule has 8 heteroatoms. The fraction of sp³-hybridized carbons (Fsp3) is 0.500. The molecule has 2 heterocycles. The van der Waals surface area contributed by atoms with E-state index in [4.69, 9.17) is 27.9 Å². The summed E-state index contributed by atoms with van der Waals surface area (Å²) in [5.74, 6) is -0.214. The molecule has 28 heavy (non-hydrogen) atoms. The molecule has 0 unspecified atom stereocenters. The number of nitrogens with one attached hydrogen (secondary N) is 1. The van der Waals surface area contributed by atoms with Crippen molar-refractivity contribution < 1.29 is 9.53 Å².